The van der Waals surface area contributed by atoms with Gasteiger partial charge in [-0.2, -0.15) is 0 Å². The summed E-state index contributed by atoms with van der Waals surface area (Å²) in [6.45, 7) is 1.11. The van der Waals surface area contributed by atoms with Crippen molar-refractivity contribution in [1.29, 1.82) is 0 Å². The van der Waals surface area contributed by atoms with Crippen LogP contribution in [-0.4, -0.2) is 13.6 Å². The van der Waals surface area contributed by atoms with Crippen molar-refractivity contribution in [2.24, 2.45) is 0 Å². The van der Waals surface area contributed by atoms with Gasteiger partial charge in [0.15, 0.2) is 0 Å². The van der Waals surface area contributed by atoms with Crippen LogP contribution in [0.5, 0.6) is 0 Å². The fourth-order valence-corrected chi connectivity index (χ4v) is 4.51. The van der Waals surface area contributed by atoms with Gasteiger partial charge in [0.1, 0.15) is 0 Å². The second-order valence-corrected chi connectivity index (χ2v) is 6.22. The summed E-state index contributed by atoms with van der Waals surface area (Å²) in [7, 11) is 2.05. The van der Waals surface area contributed by atoms with Gasteiger partial charge in [0.05, 0.1) is 0 Å². The number of rotatable bonds is 4. The second-order valence-electron chi connectivity index (χ2n) is 6.22. The fraction of sp³-hybridized carbons (Fsp3) is 0.368. The molecule has 0 aliphatic heterocycles. The number of nitrogens with one attached hydrogen (secondary N) is 1. The first-order valence-electron chi connectivity index (χ1n) is 7.70. The number of hydrogen-bond acceptors (Lipinski definition) is 1. The zero-order chi connectivity index (χ0) is 13.6. The molecular formula is C19H22ClN. The minimum absolute atomic E-state index is 0. The molecule has 2 aliphatic carbocycles. The van der Waals surface area contributed by atoms with Crippen LogP contribution in [0.4, 0.5) is 0 Å². The first kappa shape index (κ1) is 14.6. The molecule has 2 bridgehead atoms. The molecule has 110 valence electrons. The quantitative estimate of drug-likeness (QED) is 0.833. The minimum Gasteiger partial charge on any atom is -0.320 e. The highest BCUT2D eigenvalue weighted by Crippen LogP contribution is 2.61. The van der Waals surface area contributed by atoms with Crippen LogP contribution < -0.4 is 5.32 Å². The molecule has 0 heterocycles. The predicted molar refractivity (Wildman–Crippen MR) is 90.5 cm³/mol. The topological polar surface area (TPSA) is 12.0 Å². The van der Waals surface area contributed by atoms with Crippen molar-refractivity contribution in [2.45, 2.75) is 30.6 Å². The molecule has 2 aromatic rings. The smallest absolute Gasteiger partial charge is 0.0218 e. The molecule has 0 saturated carbocycles. The van der Waals surface area contributed by atoms with Crippen molar-refractivity contribution in [3.63, 3.8) is 0 Å². The molecule has 0 spiro atoms. The van der Waals surface area contributed by atoms with Crippen molar-refractivity contribution < 1.29 is 0 Å². The molecule has 0 radical (unpaired) electrons. The Labute approximate surface area is 133 Å². The van der Waals surface area contributed by atoms with E-state index in [0.717, 1.165) is 6.54 Å². The lowest BCUT2D eigenvalue weighted by atomic mass is 9.72. The number of fused-ring (bicyclic) bond motifs is 8. The predicted octanol–water partition coefficient (Wildman–Crippen LogP) is 4.24. The van der Waals surface area contributed by atoms with Gasteiger partial charge >= 0.3 is 0 Å². The maximum atomic E-state index is 3.29. The SMILES string of the molecule is CNCCCC12CC(c3ccccc31)c1ccccc12.Cl. The lowest BCUT2D eigenvalue weighted by Gasteiger charge is -2.31. The van der Waals surface area contributed by atoms with Crippen LogP contribution in [0.25, 0.3) is 0 Å². The van der Waals surface area contributed by atoms with E-state index >= 15 is 0 Å². The van der Waals surface area contributed by atoms with Crippen LogP contribution in [0, 0.1) is 0 Å². The summed E-state index contributed by atoms with van der Waals surface area (Å²) in [4.78, 5) is 0. The normalized spacial score (nSPS) is 24.3. The highest BCUT2D eigenvalue weighted by Gasteiger charge is 2.51. The number of halogens is 1. The molecular weight excluding hydrogens is 278 g/mol. The van der Waals surface area contributed by atoms with E-state index in [2.05, 4.69) is 53.8 Å². The van der Waals surface area contributed by atoms with Crippen molar-refractivity contribution in [3.05, 3.63) is 70.8 Å². The third-order valence-corrected chi connectivity index (χ3v) is 5.29. The van der Waals surface area contributed by atoms with Crippen LogP contribution in [0.2, 0.25) is 0 Å². The van der Waals surface area contributed by atoms with Crippen LogP contribution in [0.1, 0.15) is 47.4 Å². The average Bonchev–Trinajstić information content (AvgIpc) is 3.01. The van der Waals surface area contributed by atoms with Gasteiger partial charge in [0.25, 0.3) is 0 Å². The molecule has 0 fully saturated rings. The van der Waals surface area contributed by atoms with Gasteiger partial charge in [0.2, 0.25) is 0 Å². The molecule has 2 heteroatoms. The molecule has 1 nitrogen and oxygen atoms in total. The maximum absolute atomic E-state index is 3.29. The Morgan fingerprint density at radius 2 is 1.57 bits per heavy atom. The zero-order valence-electron chi connectivity index (χ0n) is 12.4. The van der Waals surface area contributed by atoms with Gasteiger partial charge in [-0.1, -0.05) is 48.5 Å². The van der Waals surface area contributed by atoms with E-state index in [0.29, 0.717) is 5.92 Å². The number of benzene rings is 2. The fourth-order valence-electron chi connectivity index (χ4n) is 4.51. The Balaban J connectivity index is 0.00000132. The summed E-state index contributed by atoms with van der Waals surface area (Å²) < 4.78 is 0. The molecule has 1 N–H and O–H groups in total. The highest BCUT2D eigenvalue weighted by molar-refractivity contribution is 5.85. The van der Waals surface area contributed by atoms with Crippen LogP contribution >= 0.6 is 12.4 Å². The van der Waals surface area contributed by atoms with Gasteiger partial charge in [0, 0.05) is 11.3 Å². The summed E-state index contributed by atoms with van der Waals surface area (Å²) in [5, 5.41) is 3.29. The van der Waals surface area contributed by atoms with Gasteiger partial charge < -0.3 is 5.32 Å². The summed E-state index contributed by atoms with van der Waals surface area (Å²) in [5.41, 5.74) is 6.64. The molecule has 0 amide bonds. The third kappa shape index (κ3) is 1.95. The van der Waals surface area contributed by atoms with Crippen molar-refractivity contribution in [3.8, 4) is 0 Å². The highest BCUT2D eigenvalue weighted by atomic mass is 35.5. The monoisotopic (exact) mass is 299 g/mol. The Hall–Kier alpha value is -1.31. The van der Waals surface area contributed by atoms with E-state index in [1.54, 1.807) is 22.3 Å². The Kier molecular flexibility index (Phi) is 3.81. The van der Waals surface area contributed by atoms with E-state index in [9.17, 15) is 0 Å². The maximum Gasteiger partial charge on any atom is 0.0218 e. The number of hydrogen-bond donors (Lipinski definition) is 1. The summed E-state index contributed by atoms with van der Waals surface area (Å²) >= 11 is 0. The zero-order valence-corrected chi connectivity index (χ0v) is 13.2. The van der Waals surface area contributed by atoms with Crippen molar-refractivity contribution in [2.75, 3.05) is 13.6 Å². The Morgan fingerprint density at radius 3 is 2.14 bits per heavy atom. The molecule has 4 rings (SSSR count). The van der Waals surface area contributed by atoms with E-state index in [-0.39, 0.29) is 17.8 Å². The van der Waals surface area contributed by atoms with Crippen LogP contribution in [0.15, 0.2) is 48.5 Å². The molecule has 2 aliphatic rings. The molecule has 0 saturated heterocycles. The Bertz CT molecular complexity index is 602. The Morgan fingerprint density at radius 1 is 1.00 bits per heavy atom. The van der Waals surface area contributed by atoms with E-state index < -0.39 is 0 Å². The first-order chi connectivity index (χ1) is 9.87. The largest absolute Gasteiger partial charge is 0.320 e. The van der Waals surface area contributed by atoms with Gasteiger partial charge in [-0.25, -0.2) is 0 Å². The van der Waals surface area contributed by atoms with E-state index in [4.69, 9.17) is 0 Å². The molecule has 2 aromatic carbocycles. The van der Waals surface area contributed by atoms with Gasteiger partial charge in [-0.05, 0) is 55.1 Å². The average molecular weight is 300 g/mol. The lowest BCUT2D eigenvalue weighted by molar-refractivity contribution is 0.463. The van der Waals surface area contributed by atoms with Gasteiger partial charge in [-0.15, -0.1) is 12.4 Å². The third-order valence-electron chi connectivity index (χ3n) is 5.29. The molecule has 0 atom stereocenters. The van der Waals surface area contributed by atoms with Crippen LogP contribution in [0.3, 0.4) is 0 Å². The first-order valence-corrected chi connectivity index (χ1v) is 7.70. The van der Waals surface area contributed by atoms with Crippen molar-refractivity contribution in [1.82, 2.24) is 5.32 Å². The summed E-state index contributed by atoms with van der Waals surface area (Å²) in [5.74, 6) is 0.636. The van der Waals surface area contributed by atoms with E-state index in [1.165, 1.54) is 19.3 Å². The second kappa shape index (κ2) is 5.47. The molecule has 21 heavy (non-hydrogen) atoms. The molecule has 0 unspecified atom stereocenters. The van der Waals surface area contributed by atoms with Crippen molar-refractivity contribution >= 4 is 12.4 Å². The molecule has 0 aromatic heterocycles. The summed E-state index contributed by atoms with van der Waals surface area (Å²) in [6.07, 6.45) is 3.79. The van der Waals surface area contributed by atoms with Crippen LogP contribution in [-0.2, 0) is 5.41 Å². The minimum atomic E-state index is 0. The lowest BCUT2D eigenvalue weighted by Crippen LogP contribution is -2.25. The standard InChI is InChI=1S/C19H21N.ClH/c1-20-12-6-11-19-13-16(14-7-2-4-9-17(14)19)15-8-3-5-10-18(15)19;/h2-5,7-10,16,20H,6,11-13H2,1H3;1H. The van der Waals surface area contributed by atoms with Gasteiger partial charge in [-0.3, -0.25) is 0 Å². The summed E-state index contributed by atoms with van der Waals surface area (Å²) in [6, 6.07) is 18.2. The van der Waals surface area contributed by atoms with E-state index in [1.807, 2.05) is 7.05 Å².